The zero-order chi connectivity index (χ0) is 19.3. The van der Waals surface area contributed by atoms with Crippen molar-refractivity contribution in [2.24, 2.45) is 0 Å². The first-order chi connectivity index (χ1) is 13.7. The van der Waals surface area contributed by atoms with Crippen LogP contribution in [0.15, 0.2) is 48.9 Å². The first kappa shape index (κ1) is 18.6. The number of aromatic nitrogens is 3. The Kier molecular flexibility index (Phi) is 5.64. The number of aliphatic hydroxyl groups excluding tert-OH is 1. The van der Waals surface area contributed by atoms with Gasteiger partial charge in [-0.2, -0.15) is 0 Å². The van der Waals surface area contributed by atoms with Gasteiger partial charge in [0.25, 0.3) is 5.91 Å². The molecular formula is C21H25N5O2. The summed E-state index contributed by atoms with van der Waals surface area (Å²) in [6.45, 7) is 3.56. The summed E-state index contributed by atoms with van der Waals surface area (Å²) in [6, 6.07) is 11.8. The van der Waals surface area contributed by atoms with Crippen LogP contribution >= 0.6 is 0 Å². The number of pyridine rings is 1. The number of hydrogen-bond acceptors (Lipinski definition) is 5. The van der Waals surface area contributed by atoms with Gasteiger partial charge in [-0.3, -0.25) is 4.79 Å². The second-order valence-corrected chi connectivity index (χ2v) is 7.30. The van der Waals surface area contributed by atoms with Gasteiger partial charge in [0, 0.05) is 19.3 Å². The van der Waals surface area contributed by atoms with Crippen LogP contribution in [0.2, 0.25) is 0 Å². The summed E-state index contributed by atoms with van der Waals surface area (Å²) in [5, 5.41) is 12.9. The molecule has 1 unspecified atom stereocenters. The number of amides is 1. The summed E-state index contributed by atoms with van der Waals surface area (Å²) < 4.78 is 1.96. The van der Waals surface area contributed by atoms with Gasteiger partial charge in [0.15, 0.2) is 5.65 Å². The van der Waals surface area contributed by atoms with E-state index in [4.69, 9.17) is 0 Å². The van der Waals surface area contributed by atoms with E-state index in [0.29, 0.717) is 24.2 Å². The maximum atomic E-state index is 12.4. The molecule has 1 amide bonds. The topological polar surface area (TPSA) is 83.3 Å². The van der Waals surface area contributed by atoms with E-state index in [1.807, 2.05) is 22.8 Å². The van der Waals surface area contributed by atoms with E-state index in [2.05, 4.69) is 32.3 Å². The average molecular weight is 379 g/mol. The van der Waals surface area contributed by atoms with E-state index in [0.717, 1.165) is 24.3 Å². The van der Waals surface area contributed by atoms with Crippen LogP contribution in [-0.2, 0) is 6.54 Å². The lowest BCUT2D eigenvalue weighted by Crippen LogP contribution is -2.39. The van der Waals surface area contributed by atoms with Crippen LogP contribution in [0.4, 0.5) is 0 Å². The van der Waals surface area contributed by atoms with Crippen molar-refractivity contribution in [1.29, 1.82) is 0 Å². The number of benzene rings is 1. The number of imidazole rings is 1. The number of fused-ring (bicyclic) bond motifs is 1. The van der Waals surface area contributed by atoms with Crippen LogP contribution in [0.25, 0.3) is 11.2 Å². The maximum Gasteiger partial charge on any atom is 0.253 e. The van der Waals surface area contributed by atoms with Gasteiger partial charge in [0.05, 0.1) is 24.5 Å². The molecule has 4 rings (SSSR count). The van der Waals surface area contributed by atoms with Crippen LogP contribution in [0.3, 0.4) is 0 Å². The molecule has 0 bridgehead atoms. The molecule has 28 heavy (non-hydrogen) atoms. The van der Waals surface area contributed by atoms with E-state index >= 15 is 0 Å². The Hall–Kier alpha value is -2.77. The Labute approximate surface area is 164 Å². The number of rotatable bonds is 7. The number of carbonyl (C=O) groups is 1. The summed E-state index contributed by atoms with van der Waals surface area (Å²) in [7, 11) is 0. The Morgan fingerprint density at radius 1 is 1.18 bits per heavy atom. The summed E-state index contributed by atoms with van der Waals surface area (Å²) in [4.78, 5) is 23.5. The van der Waals surface area contributed by atoms with Crippen molar-refractivity contribution in [1.82, 2.24) is 24.8 Å². The van der Waals surface area contributed by atoms with Gasteiger partial charge < -0.3 is 19.9 Å². The van der Waals surface area contributed by atoms with Crippen molar-refractivity contribution in [3.63, 3.8) is 0 Å². The van der Waals surface area contributed by atoms with Crippen LogP contribution in [-0.4, -0.2) is 62.7 Å². The van der Waals surface area contributed by atoms with Crippen molar-refractivity contribution in [3.8, 4) is 0 Å². The van der Waals surface area contributed by atoms with Crippen LogP contribution in [0.1, 0.15) is 28.8 Å². The molecule has 2 aromatic heterocycles. The first-order valence-corrected chi connectivity index (χ1v) is 9.72. The van der Waals surface area contributed by atoms with Crippen LogP contribution in [0.5, 0.6) is 0 Å². The first-order valence-electron chi connectivity index (χ1n) is 9.72. The molecule has 0 saturated carbocycles. The molecular weight excluding hydrogens is 354 g/mol. The molecule has 2 N–H and O–H groups in total. The number of aliphatic hydroxyl groups is 1. The Balaban J connectivity index is 1.38. The monoisotopic (exact) mass is 379 g/mol. The lowest BCUT2D eigenvalue weighted by molar-refractivity contribution is 0.0879. The van der Waals surface area contributed by atoms with Crippen molar-refractivity contribution in [2.45, 2.75) is 25.5 Å². The Bertz CT molecular complexity index is 934. The average Bonchev–Trinajstić information content (AvgIpc) is 3.37. The molecule has 1 aromatic carbocycles. The van der Waals surface area contributed by atoms with E-state index in [1.165, 1.54) is 12.8 Å². The maximum absolute atomic E-state index is 12.4. The molecule has 1 saturated heterocycles. The number of nitrogens with zero attached hydrogens (tertiary/aromatic N) is 4. The van der Waals surface area contributed by atoms with Gasteiger partial charge in [-0.25, -0.2) is 9.97 Å². The molecule has 7 nitrogen and oxygen atoms in total. The van der Waals surface area contributed by atoms with E-state index < -0.39 is 6.10 Å². The van der Waals surface area contributed by atoms with Gasteiger partial charge in [0.2, 0.25) is 0 Å². The van der Waals surface area contributed by atoms with E-state index in [9.17, 15) is 9.90 Å². The zero-order valence-corrected chi connectivity index (χ0v) is 15.8. The molecule has 1 atom stereocenters. The summed E-state index contributed by atoms with van der Waals surface area (Å²) >= 11 is 0. The normalized spacial score (nSPS) is 15.8. The summed E-state index contributed by atoms with van der Waals surface area (Å²) in [6.07, 6.45) is 5.10. The summed E-state index contributed by atoms with van der Waals surface area (Å²) in [5.41, 5.74) is 3.04. The third-order valence-electron chi connectivity index (χ3n) is 5.08. The van der Waals surface area contributed by atoms with Crippen LogP contribution < -0.4 is 5.32 Å². The van der Waals surface area contributed by atoms with Crippen molar-refractivity contribution < 1.29 is 9.90 Å². The fourth-order valence-corrected chi connectivity index (χ4v) is 3.61. The fourth-order valence-electron chi connectivity index (χ4n) is 3.61. The SMILES string of the molecule is O=C(NCC(O)CN1CCCC1)c1cnc2c(c1)ncn2Cc1ccccc1. The highest BCUT2D eigenvalue weighted by Gasteiger charge is 2.17. The van der Waals surface area contributed by atoms with Crippen LogP contribution in [0, 0.1) is 0 Å². The smallest absolute Gasteiger partial charge is 0.253 e. The van der Waals surface area contributed by atoms with Gasteiger partial charge in [-0.05, 0) is 37.6 Å². The van der Waals surface area contributed by atoms with Gasteiger partial charge >= 0.3 is 0 Å². The van der Waals surface area contributed by atoms with Crippen molar-refractivity contribution in [3.05, 3.63) is 60.0 Å². The molecule has 146 valence electrons. The molecule has 3 aromatic rings. The second kappa shape index (κ2) is 8.50. The van der Waals surface area contributed by atoms with Crippen molar-refractivity contribution >= 4 is 17.1 Å². The van der Waals surface area contributed by atoms with Gasteiger partial charge in [0.1, 0.15) is 5.52 Å². The predicted octanol–water partition coefficient (Wildman–Crippen LogP) is 1.67. The van der Waals surface area contributed by atoms with E-state index in [1.54, 1.807) is 18.6 Å². The predicted molar refractivity (Wildman–Crippen MR) is 107 cm³/mol. The number of hydrogen-bond donors (Lipinski definition) is 2. The molecule has 1 aliphatic rings. The number of carbonyl (C=O) groups excluding carboxylic acids is 1. The zero-order valence-electron chi connectivity index (χ0n) is 15.8. The molecule has 0 aliphatic carbocycles. The van der Waals surface area contributed by atoms with Gasteiger partial charge in [-0.15, -0.1) is 0 Å². The lowest BCUT2D eigenvalue weighted by atomic mass is 10.2. The fraction of sp³-hybridized carbons (Fsp3) is 0.381. The molecule has 3 heterocycles. The Morgan fingerprint density at radius 2 is 1.96 bits per heavy atom. The highest BCUT2D eigenvalue weighted by atomic mass is 16.3. The van der Waals surface area contributed by atoms with Gasteiger partial charge in [-0.1, -0.05) is 30.3 Å². The lowest BCUT2D eigenvalue weighted by Gasteiger charge is -2.19. The highest BCUT2D eigenvalue weighted by Crippen LogP contribution is 2.14. The number of β-amino-alcohol motifs (C(OH)–C–C–N with tert-alkyl or cyclic N) is 1. The Morgan fingerprint density at radius 3 is 2.75 bits per heavy atom. The third-order valence-corrected chi connectivity index (χ3v) is 5.08. The minimum Gasteiger partial charge on any atom is -0.390 e. The van der Waals surface area contributed by atoms with Crippen molar-refractivity contribution in [2.75, 3.05) is 26.2 Å². The van der Waals surface area contributed by atoms with E-state index in [-0.39, 0.29) is 12.5 Å². The third kappa shape index (κ3) is 4.37. The molecule has 0 spiro atoms. The highest BCUT2D eigenvalue weighted by molar-refractivity contribution is 5.96. The number of likely N-dealkylation sites (tertiary alicyclic amines) is 1. The standard InChI is InChI=1S/C21H25N5O2/c27-18(14-25-8-4-5-9-25)12-23-21(28)17-10-19-20(22-11-17)26(15-24-19)13-16-6-2-1-3-7-16/h1-3,6-7,10-11,15,18,27H,4-5,8-9,12-14H2,(H,23,28). The largest absolute Gasteiger partial charge is 0.390 e. The second-order valence-electron chi connectivity index (χ2n) is 7.30. The molecule has 1 fully saturated rings. The minimum atomic E-state index is -0.566. The number of nitrogens with one attached hydrogen (secondary N) is 1. The summed E-state index contributed by atoms with van der Waals surface area (Å²) in [5.74, 6) is -0.243. The molecule has 1 aliphatic heterocycles. The minimum absolute atomic E-state index is 0.232. The quantitative estimate of drug-likeness (QED) is 0.652. The molecule has 7 heteroatoms. The molecule has 0 radical (unpaired) electrons.